The third-order valence-corrected chi connectivity index (χ3v) is 3.38. The van der Waals surface area contributed by atoms with Crippen LogP contribution in [-0.2, 0) is 0 Å². The van der Waals surface area contributed by atoms with Crippen LogP contribution in [0.2, 0.25) is 0 Å². The van der Waals surface area contributed by atoms with Crippen molar-refractivity contribution in [1.29, 1.82) is 0 Å². The van der Waals surface area contributed by atoms with Crippen molar-refractivity contribution in [3.8, 4) is 0 Å². The summed E-state index contributed by atoms with van der Waals surface area (Å²) >= 11 is 0. The minimum absolute atomic E-state index is 0.0800. The fraction of sp³-hybridized carbons (Fsp3) is 0.385. The summed E-state index contributed by atoms with van der Waals surface area (Å²) in [6.45, 7) is 0.804. The Kier molecular flexibility index (Phi) is 3.69. The molecule has 0 aliphatic carbocycles. The number of nitrogens with zero attached hydrogens (tertiary/aromatic N) is 1. The van der Waals surface area contributed by atoms with E-state index in [0.717, 1.165) is 18.9 Å². The van der Waals surface area contributed by atoms with E-state index in [1.807, 2.05) is 0 Å². The Labute approximate surface area is 109 Å². The van der Waals surface area contributed by atoms with Crippen molar-refractivity contribution < 1.29 is 24.2 Å². The number of hydrogen-bond donors (Lipinski definition) is 2. The van der Waals surface area contributed by atoms with Gasteiger partial charge in [0.25, 0.3) is 0 Å². The van der Waals surface area contributed by atoms with E-state index >= 15 is 0 Å². The molecule has 1 saturated heterocycles. The lowest BCUT2D eigenvalue weighted by molar-refractivity contribution is 0.0691. The van der Waals surface area contributed by atoms with Crippen LogP contribution in [0.3, 0.4) is 0 Å². The molecule has 0 radical (unpaired) electrons. The van der Waals surface area contributed by atoms with E-state index in [1.165, 1.54) is 17.0 Å². The van der Waals surface area contributed by atoms with Crippen LogP contribution in [0, 0.1) is 5.82 Å². The molecule has 2 N–H and O–H groups in total. The van der Waals surface area contributed by atoms with Gasteiger partial charge in [-0.3, -0.25) is 0 Å². The summed E-state index contributed by atoms with van der Waals surface area (Å²) in [7, 11) is 0. The maximum atomic E-state index is 13.3. The van der Waals surface area contributed by atoms with Gasteiger partial charge >= 0.3 is 12.1 Å². The first kappa shape index (κ1) is 13.3. The van der Waals surface area contributed by atoms with Crippen LogP contribution in [0.4, 0.5) is 9.18 Å². The lowest BCUT2D eigenvalue weighted by Gasteiger charge is -2.31. The van der Waals surface area contributed by atoms with Crippen molar-refractivity contribution in [2.75, 3.05) is 13.1 Å². The molecule has 1 fully saturated rings. The van der Waals surface area contributed by atoms with Crippen molar-refractivity contribution in [1.82, 2.24) is 4.90 Å². The Balaban J connectivity index is 2.24. The second kappa shape index (κ2) is 5.26. The quantitative estimate of drug-likeness (QED) is 0.862. The molecule has 1 atom stereocenters. The standard InChI is InChI=1S/C13H14FNO4/c14-11-4-3-8(6-10(11)12(16)17)9-2-1-5-15(7-9)13(18)19/h3-4,6,9H,1-2,5,7H2,(H,16,17)(H,18,19). The molecule has 0 aromatic heterocycles. The van der Waals surface area contributed by atoms with Crippen molar-refractivity contribution >= 4 is 12.1 Å². The molecule has 0 saturated carbocycles. The predicted molar refractivity (Wildman–Crippen MR) is 64.9 cm³/mol. The summed E-state index contributed by atoms with van der Waals surface area (Å²) < 4.78 is 13.3. The zero-order valence-corrected chi connectivity index (χ0v) is 10.2. The van der Waals surface area contributed by atoms with Crippen LogP contribution < -0.4 is 0 Å². The van der Waals surface area contributed by atoms with Crippen LogP contribution in [0.25, 0.3) is 0 Å². The Morgan fingerprint density at radius 3 is 2.68 bits per heavy atom. The highest BCUT2D eigenvalue weighted by Crippen LogP contribution is 2.28. The molecule has 0 bridgehead atoms. The first-order chi connectivity index (χ1) is 8.99. The van der Waals surface area contributed by atoms with E-state index in [4.69, 9.17) is 10.2 Å². The molecule has 2 rings (SSSR count). The van der Waals surface area contributed by atoms with E-state index < -0.39 is 17.9 Å². The lowest BCUT2D eigenvalue weighted by atomic mass is 9.90. The van der Waals surface area contributed by atoms with Crippen LogP contribution in [-0.4, -0.2) is 40.3 Å². The molecule has 1 aromatic carbocycles. The highest BCUT2D eigenvalue weighted by atomic mass is 19.1. The number of carbonyl (C=O) groups is 2. The number of halogens is 1. The Hall–Kier alpha value is -2.11. The monoisotopic (exact) mass is 267 g/mol. The van der Waals surface area contributed by atoms with Gasteiger partial charge in [-0.1, -0.05) is 6.07 Å². The number of hydrogen-bond acceptors (Lipinski definition) is 2. The second-order valence-electron chi connectivity index (χ2n) is 4.61. The van der Waals surface area contributed by atoms with Crippen molar-refractivity contribution in [3.63, 3.8) is 0 Å². The number of benzene rings is 1. The lowest BCUT2D eigenvalue weighted by Crippen LogP contribution is -2.38. The summed E-state index contributed by atoms with van der Waals surface area (Å²) in [6.07, 6.45) is 0.510. The number of amides is 1. The van der Waals surface area contributed by atoms with Gasteiger partial charge in [-0.15, -0.1) is 0 Å². The molecule has 5 nitrogen and oxygen atoms in total. The van der Waals surface area contributed by atoms with Gasteiger partial charge in [0, 0.05) is 19.0 Å². The normalized spacial score (nSPS) is 19.2. The molecule has 1 unspecified atom stereocenters. The fourth-order valence-corrected chi connectivity index (χ4v) is 2.38. The first-order valence-corrected chi connectivity index (χ1v) is 5.99. The molecule has 0 spiro atoms. The number of rotatable bonds is 2. The van der Waals surface area contributed by atoms with E-state index in [9.17, 15) is 14.0 Å². The molecular formula is C13H14FNO4. The average molecular weight is 267 g/mol. The first-order valence-electron chi connectivity index (χ1n) is 5.99. The maximum Gasteiger partial charge on any atom is 0.407 e. The number of likely N-dealkylation sites (tertiary alicyclic amines) is 1. The zero-order chi connectivity index (χ0) is 14.0. The molecule has 1 aliphatic rings. The van der Waals surface area contributed by atoms with Crippen LogP contribution in [0.5, 0.6) is 0 Å². The topological polar surface area (TPSA) is 77.8 Å². The van der Waals surface area contributed by atoms with Gasteiger partial charge in [-0.2, -0.15) is 0 Å². The fourth-order valence-electron chi connectivity index (χ4n) is 2.38. The van der Waals surface area contributed by atoms with E-state index in [2.05, 4.69) is 0 Å². The highest BCUT2D eigenvalue weighted by Gasteiger charge is 2.25. The third-order valence-electron chi connectivity index (χ3n) is 3.38. The minimum Gasteiger partial charge on any atom is -0.478 e. The van der Waals surface area contributed by atoms with Crippen molar-refractivity contribution in [3.05, 3.63) is 35.1 Å². The van der Waals surface area contributed by atoms with Gasteiger partial charge in [0.2, 0.25) is 0 Å². The van der Waals surface area contributed by atoms with Crippen LogP contribution in [0.15, 0.2) is 18.2 Å². The molecule has 1 heterocycles. The average Bonchev–Trinajstić information content (AvgIpc) is 2.39. The van der Waals surface area contributed by atoms with Gasteiger partial charge in [0.15, 0.2) is 0 Å². The summed E-state index contributed by atoms with van der Waals surface area (Å²) in [5.41, 5.74) is 0.301. The molecular weight excluding hydrogens is 253 g/mol. The van der Waals surface area contributed by atoms with Gasteiger partial charge < -0.3 is 15.1 Å². The van der Waals surface area contributed by atoms with Gasteiger partial charge in [0.1, 0.15) is 5.82 Å². The SMILES string of the molecule is O=C(O)c1cc(C2CCCN(C(=O)O)C2)ccc1F. The Morgan fingerprint density at radius 2 is 2.05 bits per heavy atom. The van der Waals surface area contributed by atoms with E-state index in [-0.39, 0.29) is 11.5 Å². The summed E-state index contributed by atoms with van der Waals surface area (Å²) in [6, 6.07) is 3.95. The number of aromatic carboxylic acids is 1. The molecule has 19 heavy (non-hydrogen) atoms. The predicted octanol–water partition coefficient (Wildman–Crippen LogP) is 2.38. The van der Waals surface area contributed by atoms with Gasteiger partial charge in [0.05, 0.1) is 5.56 Å². The molecule has 1 aromatic rings. The van der Waals surface area contributed by atoms with E-state index in [0.29, 0.717) is 18.7 Å². The Bertz CT molecular complexity index is 517. The van der Waals surface area contributed by atoms with Gasteiger partial charge in [-0.05, 0) is 30.5 Å². The number of piperidine rings is 1. The third kappa shape index (κ3) is 2.83. The van der Waals surface area contributed by atoms with Crippen molar-refractivity contribution in [2.24, 2.45) is 0 Å². The maximum absolute atomic E-state index is 13.3. The zero-order valence-electron chi connectivity index (χ0n) is 10.2. The number of carboxylic acids is 1. The smallest absolute Gasteiger partial charge is 0.407 e. The highest BCUT2D eigenvalue weighted by molar-refractivity contribution is 5.88. The van der Waals surface area contributed by atoms with Crippen molar-refractivity contribution in [2.45, 2.75) is 18.8 Å². The summed E-state index contributed by atoms with van der Waals surface area (Å²) in [5.74, 6) is -2.17. The summed E-state index contributed by atoms with van der Waals surface area (Å²) in [4.78, 5) is 23.1. The van der Waals surface area contributed by atoms with Crippen LogP contribution in [0.1, 0.15) is 34.7 Å². The molecule has 1 amide bonds. The van der Waals surface area contributed by atoms with E-state index in [1.54, 1.807) is 0 Å². The molecule has 6 heteroatoms. The molecule has 102 valence electrons. The van der Waals surface area contributed by atoms with Gasteiger partial charge in [-0.25, -0.2) is 14.0 Å². The Morgan fingerprint density at radius 1 is 1.32 bits per heavy atom. The van der Waals surface area contributed by atoms with Crippen LogP contribution >= 0.6 is 0 Å². The minimum atomic E-state index is -1.31. The largest absolute Gasteiger partial charge is 0.478 e. The summed E-state index contributed by atoms with van der Waals surface area (Å²) in [5, 5.41) is 17.8. The molecule has 1 aliphatic heterocycles. The second-order valence-corrected chi connectivity index (χ2v) is 4.61. The number of carboxylic acid groups (broad SMARTS) is 2.